The Morgan fingerprint density at radius 3 is 2.12 bits per heavy atom. The fourth-order valence-electron chi connectivity index (χ4n) is 5.25. The molecule has 0 bridgehead atoms. The fraction of sp³-hybridized carbons (Fsp3) is 0.622. The molecule has 0 heterocycles. The number of aliphatic hydroxyl groups is 1. The van der Waals surface area contributed by atoms with Crippen LogP contribution in [0.2, 0.25) is 0 Å². The fourth-order valence-corrected chi connectivity index (χ4v) is 5.72. The van der Waals surface area contributed by atoms with Crippen LogP contribution in [0.25, 0.3) is 0 Å². The first-order chi connectivity index (χ1) is 22.6. The number of aromatic hydroxyl groups is 1. The summed E-state index contributed by atoms with van der Waals surface area (Å²) < 4.78 is 0. The van der Waals surface area contributed by atoms with E-state index in [-0.39, 0.29) is 41.4 Å². The summed E-state index contributed by atoms with van der Waals surface area (Å²) in [5, 5.41) is 33.0. The first kappa shape index (κ1) is 42.7. The zero-order valence-electron chi connectivity index (χ0n) is 30.4. The van der Waals surface area contributed by atoms with Gasteiger partial charge in [0.25, 0.3) is 5.91 Å². The Hall–Kier alpha value is -3.31. The number of nitrogens with one attached hydrogen (secondary N) is 4. The van der Waals surface area contributed by atoms with Gasteiger partial charge < -0.3 is 31.5 Å². The van der Waals surface area contributed by atoms with Crippen molar-refractivity contribution in [3.63, 3.8) is 0 Å². The maximum absolute atomic E-state index is 13.6. The molecular weight excluding hydrogens is 628 g/mol. The van der Waals surface area contributed by atoms with Crippen molar-refractivity contribution in [1.82, 2.24) is 21.3 Å². The highest BCUT2D eigenvalue weighted by Crippen LogP contribution is 2.20. The average molecular weight is 689 g/mol. The maximum atomic E-state index is 13.6. The number of aliphatic hydroxyl groups excluding tert-OH is 1. The van der Waals surface area contributed by atoms with E-state index >= 15 is 0 Å². The normalized spacial score (nSPS) is 15.1. The summed E-state index contributed by atoms with van der Waals surface area (Å²) in [5.41, 5.74) is 1.76. The Balaban J connectivity index is 3.02. The number of phenols is 1. The van der Waals surface area contributed by atoms with Gasteiger partial charge in [0, 0.05) is 23.6 Å². The number of hydrogen-bond donors (Lipinski definition) is 6. The molecule has 0 aliphatic rings. The van der Waals surface area contributed by atoms with Crippen molar-refractivity contribution in [2.24, 2.45) is 17.8 Å². The van der Waals surface area contributed by atoms with Crippen LogP contribution in [-0.4, -0.2) is 76.6 Å². The number of phenolic OH excluding ortho intramolecular Hbond substituents is 1. The minimum atomic E-state index is -1.05. The van der Waals surface area contributed by atoms with E-state index in [4.69, 9.17) is 0 Å². The second-order valence-electron chi connectivity index (χ2n) is 13.3. The molecule has 0 aliphatic heterocycles. The Bertz CT molecular complexity index is 1250. The lowest BCUT2D eigenvalue weighted by atomic mass is 9.91. The van der Waals surface area contributed by atoms with E-state index in [1.165, 1.54) is 6.07 Å². The van der Waals surface area contributed by atoms with Gasteiger partial charge >= 0.3 is 0 Å². The van der Waals surface area contributed by atoms with Crippen molar-refractivity contribution in [3.05, 3.63) is 53.1 Å². The largest absolute Gasteiger partial charge is 0.508 e. The van der Waals surface area contributed by atoms with Gasteiger partial charge in [-0.15, -0.1) is 0 Å². The molecule has 1 aromatic rings. The molecule has 10 nitrogen and oxygen atoms in total. The molecule has 0 radical (unpaired) electrons. The minimum Gasteiger partial charge on any atom is -0.508 e. The second kappa shape index (κ2) is 22.3. The van der Waals surface area contributed by atoms with Crippen molar-refractivity contribution in [2.75, 3.05) is 18.6 Å². The number of allylic oxidation sites excluding steroid dienone is 3. The van der Waals surface area contributed by atoms with Gasteiger partial charge in [0.05, 0.1) is 12.1 Å². The van der Waals surface area contributed by atoms with Gasteiger partial charge in [-0.25, -0.2) is 0 Å². The van der Waals surface area contributed by atoms with Gasteiger partial charge in [0.1, 0.15) is 17.8 Å². The third-order valence-corrected chi connectivity index (χ3v) is 8.84. The highest BCUT2D eigenvalue weighted by Gasteiger charge is 2.31. The molecule has 6 N–H and O–H groups in total. The van der Waals surface area contributed by atoms with E-state index in [0.717, 1.165) is 12.0 Å². The van der Waals surface area contributed by atoms with Crippen molar-refractivity contribution < 1.29 is 29.4 Å². The van der Waals surface area contributed by atoms with Crippen molar-refractivity contribution >= 4 is 35.4 Å². The van der Waals surface area contributed by atoms with Crippen LogP contribution in [-0.2, 0) is 14.4 Å². The van der Waals surface area contributed by atoms with Crippen molar-refractivity contribution in [2.45, 2.75) is 112 Å². The zero-order valence-corrected chi connectivity index (χ0v) is 31.2. The lowest BCUT2D eigenvalue weighted by Crippen LogP contribution is -2.54. The zero-order chi connectivity index (χ0) is 36.4. The van der Waals surface area contributed by atoms with E-state index in [9.17, 15) is 29.4 Å². The van der Waals surface area contributed by atoms with Crippen molar-refractivity contribution in [1.29, 1.82) is 0 Å². The summed E-state index contributed by atoms with van der Waals surface area (Å²) >= 11 is 1.54. The van der Waals surface area contributed by atoms with Gasteiger partial charge in [0.2, 0.25) is 17.7 Å². The van der Waals surface area contributed by atoms with Crippen LogP contribution in [0.4, 0.5) is 0 Å². The molecule has 4 amide bonds. The number of amides is 4. The third kappa shape index (κ3) is 15.3. The van der Waals surface area contributed by atoms with E-state index in [1.807, 2.05) is 66.0 Å². The summed E-state index contributed by atoms with van der Waals surface area (Å²) in [6.45, 7) is 15.5. The topological polar surface area (TPSA) is 157 Å². The monoisotopic (exact) mass is 688 g/mol. The number of thioether (sulfide) groups is 1. The molecular formula is C37H60N4O6S. The predicted octanol–water partition coefficient (Wildman–Crippen LogP) is 5.03. The lowest BCUT2D eigenvalue weighted by molar-refractivity contribution is -0.132. The Labute approximate surface area is 292 Å². The highest BCUT2D eigenvalue weighted by molar-refractivity contribution is 7.98. The number of rotatable bonds is 21. The molecule has 48 heavy (non-hydrogen) atoms. The molecule has 0 saturated heterocycles. The molecule has 11 heteroatoms. The van der Waals surface area contributed by atoms with Crippen LogP contribution in [0.1, 0.15) is 96.5 Å². The summed E-state index contributed by atoms with van der Waals surface area (Å²) in [6, 6.07) is 2.39. The third-order valence-electron chi connectivity index (χ3n) is 8.20. The first-order valence-electron chi connectivity index (χ1n) is 17.0. The Morgan fingerprint density at radius 1 is 0.875 bits per heavy atom. The van der Waals surface area contributed by atoms with E-state index in [2.05, 4.69) is 21.3 Å². The molecule has 0 aromatic heterocycles. The molecule has 0 fully saturated rings. The Kier molecular flexibility index (Phi) is 19.9. The number of hydrogen-bond acceptors (Lipinski definition) is 7. The number of carbonyl (C=O) groups excluding carboxylic acids is 4. The van der Waals surface area contributed by atoms with E-state index in [1.54, 1.807) is 37.7 Å². The smallest absolute Gasteiger partial charge is 0.252 e. The van der Waals surface area contributed by atoms with Crippen molar-refractivity contribution in [3.8, 4) is 5.75 Å². The molecule has 0 spiro atoms. The SMILES string of the molecule is C/C=C\C/C(=C\C)CNC(=O)[C@H](CC(C)C)NC(=O)[C@H](C)C[C@H](O)[C@H](CC(C)C)NC(=O)[C@H](CCSC)NC(=O)c1cccc(O)c1C. The van der Waals surface area contributed by atoms with Crippen LogP contribution in [0, 0.1) is 24.7 Å². The molecule has 0 aliphatic carbocycles. The standard InChI is InChI=1S/C37H60N4O6S/c1-10-12-14-27(11-2)22-38-36(46)31(20-24(5)6)41-34(44)25(7)21-33(43)30(19-23(3)4)40-37(47)29(17-18-48-9)39-35(45)28-15-13-16-32(42)26(28)8/h10-13,15-16,23-25,29-31,33,42-43H,14,17-22H2,1-9H3,(H,38,46)(H,39,45)(H,40,47)(H,41,44)/b12-10-,27-11+/t25-,29+,30+,31+,33+/m1/s1. The second-order valence-corrected chi connectivity index (χ2v) is 14.3. The minimum absolute atomic E-state index is 0.00921. The van der Waals surface area contributed by atoms with Crippen LogP contribution in [0.3, 0.4) is 0 Å². The predicted molar refractivity (Wildman–Crippen MR) is 196 cm³/mol. The molecule has 0 saturated carbocycles. The number of carbonyl (C=O) groups is 4. The van der Waals surface area contributed by atoms with Crippen LogP contribution < -0.4 is 21.3 Å². The molecule has 1 rings (SSSR count). The highest BCUT2D eigenvalue weighted by atomic mass is 32.2. The van der Waals surface area contributed by atoms with Crippen LogP contribution >= 0.6 is 11.8 Å². The lowest BCUT2D eigenvalue weighted by Gasteiger charge is -2.30. The van der Waals surface area contributed by atoms with Gasteiger partial charge in [0.15, 0.2) is 0 Å². The molecule has 270 valence electrons. The first-order valence-corrected chi connectivity index (χ1v) is 18.4. The maximum Gasteiger partial charge on any atom is 0.252 e. The average Bonchev–Trinajstić information content (AvgIpc) is 3.02. The summed E-state index contributed by atoms with van der Waals surface area (Å²) in [6.07, 6.45) is 8.90. The summed E-state index contributed by atoms with van der Waals surface area (Å²) in [7, 11) is 0. The van der Waals surface area contributed by atoms with Gasteiger partial charge in [-0.3, -0.25) is 19.2 Å². The summed E-state index contributed by atoms with van der Waals surface area (Å²) in [4.78, 5) is 53.1. The molecule has 1 aromatic carbocycles. The quantitative estimate of drug-likeness (QED) is 0.0990. The van der Waals surface area contributed by atoms with E-state index in [0.29, 0.717) is 37.1 Å². The number of benzene rings is 1. The van der Waals surface area contributed by atoms with E-state index < -0.39 is 42.0 Å². The van der Waals surface area contributed by atoms with Crippen LogP contribution in [0.5, 0.6) is 5.75 Å². The van der Waals surface area contributed by atoms with Gasteiger partial charge in [-0.1, -0.05) is 64.5 Å². The van der Waals surface area contributed by atoms with Crippen LogP contribution in [0.15, 0.2) is 42.0 Å². The molecule has 5 atom stereocenters. The Morgan fingerprint density at radius 2 is 1.54 bits per heavy atom. The molecule has 0 unspecified atom stereocenters. The van der Waals surface area contributed by atoms with Gasteiger partial charge in [-0.05, 0) is 88.9 Å². The van der Waals surface area contributed by atoms with Gasteiger partial charge in [-0.2, -0.15) is 11.8 Å². The summed E-state index contributed by atoms with van der Waals surface area (Å²) in [5.74, 6) is -1.27.